The topological polar surface area (TPSA) is 55.8 Å². The van der Waals surface area contributed by atoms with Gasteiger partial charge in [-0.2, -0.15) is 0 Å². The second kappa shape index (κ2) is 6.43. The number of methoxy groups -OCH3 is 2. The average molecular weight is 368 g/mol. The van der Waals surface area contributed by atoms with Crippen LogP contribution in [0.1, 0.15) is 43.2 Å². The van der Waals surface area contributed by atoms with Gasteiger partial charge in [-0.3, -0.25) is 0 Å². The van der Waals surface area contributed by atoms with Crippen LogP contribution in [0.2, 0.25) is 0 Å². The second-order valence-electron chi connectivity index (χ2n) is 8.31. The zero-order valence-electron chi connectivity index (χ0n) is 16.3. The third-order valence-corrected chi connectivity index (χ3v) is 7.48. The van der Waals surface area contributed by atoms with Gasteiger partial charge in [-0.25, -0.2) is 4.79 Å². The molecule has 0 spiro atoms. The molecule has 4 heteroatoms. The molecule has 0 aliphatic heterocycles. The Balaban J connectivity index is 1.96. The predicted octanol–water partition coefficient (Wildman–Crippen LogP) is 4.56. The van der Waals surface area contributed by atoms with Gasteiger partial charge in [-0.15, -0.1) is 6.58 Å². The van der Waals surface area contributed by atoms with Gasteiger partial charge in [0.1, 0.15) is 11.5 Å². The highest BCUT2D eigenvalue weighted by molar-refractivity contribution is 5.91. The summed E-state index contributed by atoms with van der Waals surface area (Å²) in [5, 5.41) is 11.4. The zero-order valence-corrected chi connectivity index (χ0v) is 16.3. The number of allylic oxidation sites excluding steroid dienone is 2. The summed E-state index contributed by atoms with van der Waals surface area (Å²) in [6, 6.07) is 6.09. The number of benzene rings is 1. The van der Waals surface area contributed by atoms with Crippen LogP contribution in [0.25, 0.3) is 0 Å². The number of fused-ring (bicyclic) bond motifs is 5. The van der Waals surface area contributed by atoms with Gasteiger partial charge >= 0.3 is 5.97 Å². The van der Waals surface area contributed by atoms with Crippen LogP contribution in [0.3, 0.4) is 0 Å². The maximum Gasteiger partial charge on any atom is 0.337 e. The number of aliphatic hydroxyl groups excluding tert-OH is 1. The number of hydrogen-bond donors (Lipinski definition) is 1. The van der Waals surface area contributed by atoms with E-state index in [1.807, 2.05) is 18.2 Å². The molecule has 1 saturated carbocycles. The second-order valence-corrected chi connectivity index (χ2v) is 8.31. The van der Waals surface area contributed by atoms with Crippen LogP contribution in [0.5, 0.6) is 5.75 Å². The van der Waals surface area contributed by atoms with Gasteiger partial charge in [0.2, 0.25) is 0 Å². The number of aliphatic hydroxyl groups is 1. The Bertz CT molecular complexity index is 824. The molecule has 1 aromatic rings. The molecule has 5 atom stereocenters. The maximum absolute atomic E-state index is 12.8. The quantitative estimate of drug-likeness (QED) is 0.628. The van der Waals surface area contributed by atoms with Gasteiger partial charge in [0.15, 0.2) is 0 Å². The first-order valence-corrected chi connectivity index (χ1v) is 9.78. The average Bonchev–Trinajstić information content (AvgIpc) is 3.05. The van der Waals surface area contributed by atoms with Crippen LogP contribution >= 0.6 is 0 Å². The first-order valence-electron chi connectivity index (χ1n) is 9.78. The Kier molecular flexibility index (Phi) is 4.32. The van der Waals surface area contributed by atoms with Crippen LogP contribution in [-0.2, 0) is 16.0 Å². The lowest BCUT2D eigenvalue weighted by atomic mass is 9.54. The van der Waals surface area contributed by atoms with Crippen LogP contribution in [0.15, 0.2) is 42.2 Å². The Labute approximate surface area is 160 Å². The van der Waals surface area contributed by atoms with E-state index in [-0.39, 0.29) is 17.6 Å². The molecule has 0 bridgehead atoms. The first-order chi connectivity index (χ1) is 13.0. The standard InChI is InChI=1S/C23H28O4/c1-5-14-8-11-18-16-10-7-13-6-9-15(26-3)12-17(13)19(16)20(22(25)27-4)21(24)23(14,18)2/h5-6,9,12,14,16,18-19,24H,1,7-8,10-11H2,2-4H3/t14-,16+,18+,19-,23+/m0/s1. The normalized spacial score (nSPS) is 34.3. The first kappa shape index (κ1) is 18.1. The van der Waals surface area contributed by atoms with E-state index in [0.29, 0.717) is 17.4 Å². The van der Waals surface area contributed by atoms with Crippen molar-refractivity contribution < 1.29 is 19.4 Å². The molecule has 0 heterocycles. The summed E-state index contributed by atoms with van der Waals surface area (Å²) in [6.07, 6.45) is 6.00. The number of rotatable bonds is 3. The third-order valence-electron chi connectivity index (χ3n) is 7.48. The number of carbonyl (C=O) groups excluding carboxylic acids is 1. The molecule has 4 nitrogen and oxygen atoms in total. The molecule has 0 saturated heterocycles. The van der Waals surface area contributed by atoms with Gasteiger partial charge < -0.3 is 14.6 Å². The maximum atomic E-state index is 12.8. The lowest BCUT2D eigenvalue weighted by Crippen LogP contribution is -2.45. The van der Waals surface area contributed by atoms with Gasteiger partial charge in [-0.05, 0) is 66.7 Å². The van der Waals surface area contributed by atoms with Crippen molar-refractivity contribution in [2.75, 3.05) is 14.2 Å². The molecule has 0 radical (unpaired) electrons. The molecule has 144 valence electrons. The highest BCUT2D eigenvalue weighted by atomic mass is 16.5. The fourth-order valence-electron chi connectivity index (χ4n) is 6.12. The number of esters is 1. The van der Waals surface area contributed by atoms with Crippen molar-refractivity contribution in [2.24, 2.45) is 23.2 Å². The zero-order chi connectivity index (χ0) is 19.3. The largest absolute Gasteiger partial charge is 0.511 e. The summed E-state index contributed by atoms with van der Waals surface area (Å²) in [5.74, 6) is 1.24. The summed E-state index contributed by atoms with van der Waals surface area (Å²) in [4.78, 5) is 12.8. The van der Waals surface area contributed by atoms with Crippen molar-refractivity contribution in [3.05, 3.63) is 53.3 Å². The number of aryl methyl sites for hydroxylation is 1. The summed E-state index contributed by atoms with van der Waals surface area (Å²) in [6.45, 7) is 6.10. The molecule has 0 amide bonds. The van der Waals surface area contributed by atoms with E-state index in [1.165, 1.54) is 12.7 Å². The van der Waals surface area contributed by atoms with Crippen LogP contribution < -0.4 is 4.74 Å². The number of carbonyl (C=O) groups is 1. The molecular weight excluding hydrogens is 340 g/mol. The number of ether oxygens (including phenoxy) is 2. The summed E-state index contributed by atoms with van der Waals surface area (Å²) in [7, 11) is 3.04. The monoisotopic (exact) mass is 368 g/mol. The molecule has 3 aliphatic carbocycles. The molecule has 0 unspecified atom stereocenters. The van der Waals surface area contributed by atoms with Crippen LogP contribution in [0, 0.1) is 23.2 Å². The lowest BCUT2D eigenvalue weighted by molar-refractivity contribution is -0.137. The van der Waals surface area contributed by atoms with E-state index in [2.05, 4.69) is 19.6 Å². The van der Waals surface area contributed by atoms with E-state index < -0.39 is 11.4 Å². The third kappa shape index (κ3) is 2.38. The van der Waals surface area contributed by atoms with E-state index in [9.17, 15) is 9.90 Å². The molecule has 3 aliphatic rings. The lowest BCUT2D eigenvalue weighted by Gasteiger charge is -2.50. The van der Waals surface area contributed by atoms with Crippen molar-refractivity contribution >= 4 is 5.97 Å². The van der Waals surface area contributed by atoms with Crippen molar-refractivity contribution in [3.8, 4) is 5.75 Å². The van der Waals surface area contributed by atoms with E-state index in [0.717, 1.165) is 37.0 Å². The molecule has 4 rings (SSSR count). The van der Waals surface area contributed by atoms with Gasteiger partial charge in [0, 0.05) is 11.3 Å². The minimum atomic E-state index is -0.442. The fourth-order valence-corrected chi connectivity index (χ4v) is 6.12. The SMILES string of the molecule is C=C[C@H]1CC[C@@H]2[C@H]3CCc4ccc(OC)cc4[C@H]3C(C(=O)OC)=C(O)[C@@]21C. The molecular formula is C23H28O4. The van der Waals surface area contributed by atoms with Crippen molar-refractivity contribution in [3.63, 3.8) is 0 Å². The molecule has 1 fully saturated rings. The molecule has 0 aromatic heterocycles. The molecule has 1 aromatic carbocycles. The summed E-state index contributed by atoms with van der Waals surface area (Å²) in [5.41, 5.74) is 2.32. The smallest absolute Gasteiger partial charge is 0.337 e. The van der Waals surface area contributed by atoms with Gasteiger partial charge in [0.25, 0.3) is 0 Å². The highest BCUT2D eigenvalue weighted by Crippen LogP contribution is 2.64. The Morgan fingerprint density at radius 3 is 2.74 bits per heavy atom. The minimum Gasteiger partial charge on any atom is -0.511 e. The Hall–Kier alpha value is -2.23. The van der Waals surface area contributed by atoms with Crippen molar-refractivity contribution in [2.45, 2.75) is 38.5 Å². The fraction of sp³-hybridized carbons (Fsp3) is 0.522. The van der Waals surface area contributed by atoms with Crippen molar-refractivity contribution in [1.82, 2.24) is 0 Å². The molecule has 27 heavy (non-hydrogen) atoms. The minimum absolute atomic E-state index is 0.141. The predicted molar refractivity (Wildman–Crippen MR) is 104 cm³/mol. The summed E-state index contributed by atoms with van der Waals surface area (Å²) >= 11 is 0. The highest BCUT2D eigenvalue weighted by Gasteiger charge is 2.59. The van der Waals surface area contributed by atoms with E-state index >= 15 is 0 Å². The van der Waals surface area contributed by atoms with E-state index in [4.69, 9.17) is 9.47 Å². The Morgan fingerprint density at radius 1 is 1.30 bits per heavy atom. The van der Waals surface area contributed by atoms with Gasteiger partial charge in [-0.1, -0.05) is 19.1 Å². The number of hydrogen-bond acceptors (Lipinski definition) is 4. The van der Waals surface area contributed by atoms with Gasteiger partial charge in [0.05, 0.1) is 19.8 Å². The summed E-state index contributed by atoms with van der Waals surface area (Å²) < 4.78 is 10.6. The molecule has 1 N–H and O–H groups in total. The van der Waals surface area contributed by atoms with Crippen molar-refractivity contribution in [1.29, 1.82) is 0 Å². The van der Waals surface area contributed by atoms with E-state index in [1.54, 1.807) is 7.11 Å². The van der Waals surface area contributed by atoms with Crippen LogP contribution in [-0.4, -0.2) is 25.3 Å². The Morgan fingerprint density at radius 2 is 2.07 bits per heavy atom. The van der Waals surface area contributed by atoms with Crippen LogP contribution in [0.4, 0.5) is 0 Å².